The number of rotatable bonds is 8. The first-order valence-corrected chi connectivity index (χ1v) is 10.8. The number of allylic oxidation sites excluding steroid dienone is 7. The third-order valence-corrected chi connectivity index (χ3v) is 6.17. The Morgan fingerprint density at radius 2 is 2.03 bits per heavy atom. The molecule has 0 N–H and O–H groups in total. The molecule has 0 saturated heterocycles. The van der Waals surface area contributed by atoms with Crippen LogP contribution in [0.1, 0.15) is 47.5 Å². The fourth-order valence-electron chi connectivity index (χ4n) is 2.99. The number of terminal acetylenes is 1. The normalized spacial score (nSPS) is 18.7. The third kappa shape index (κ3) is 5.82. The van der Waals surface area contributed by atoms with Crippen molar-refractivity contribution in [3.8, 4) is 18.4 Å². The Morgan fingerprint density at radius 1 is 1.38 bits per heavy atom. The van der Waals surface area contributed by atoms with Gasteiger partial charge >= 0.3 is 0 Å². The summed E-state index contributed by atoms with van der Waals surface area (Å²) in [5, 5.41) is 8.97. The second-order valence-electron chi connectivity index (χ2n) is 7.19. The minimum Gasteiger partial charge on any atom is -0.291 e. The van der Waals surface area contributed by atoms with Crippen LogP contribution in [0.15, 0.2) is 58.2 Å². The molecule has 0 aliphatic carbocycles. The second-order valence-corrected chi connectivity index (χ2v) is 9.00. The summed E-state index contributed by atoms with van der Waals surface area (Å²) in [5.41, 5.74) is 1.78. The van der Waals surface area contributed by atoms with E-state index in [0.717, 1.165) is 9.88 Å². The molecule has 1 unspecified atom stereocenters. The molecule has 0 radical (unpaired) electrons. The van der Waals surface area contributed by atoms with Crippen molar-refractivity contribution < 1.29 is 13.2 Å². The van der Waals surface area contributed by atoms with Crippen LogP contribution >= 0.6 is 0 Å². The van der Waals surface area contributed by atoms with E-state index >= 15 is 0 Å². The molecule has 5 nitrogen and oxygen atoms in total. The molecule has 0 fully saturated rings. The summed E-state index contributed by atoms with van der Waals surface area (Å²) in [7, 11) is -4.03. The summed E-state index contributed by atoms with van der Waals surface area (Å²) in [6, 6.07) is 1.26. The van der Waals surface area contributed by atoms with Crippen LogP contribution < -0.4 is 0 Å². The van der Waals surface area contributed by atoms with E-state index in [1.165, 1.54) is 12.2 Å². The Labute approximate surface area is 174 Å². The van der Waals surface area contributed by atoms with E-state index < -0.39 is 28.3 Å². The van der Waals surface area contributed by atoms with Gasteiger partial charge in [-0.15, -0.1) is 12.3 Å². The zero-order chi connectivity index (χ0) is 22.2. The Bertz CT molecular complexity index is 974. The van der Waals surface area contributed by atoms with Crippen molar-refractivity contribution in [2.45, 2.75) is 53.5 Å². The molecule has 29 heavy (non-hydrogen) atoms. The maximum absolute atomic E-state index is 13.5. The van der Waals surface area contributed by atoms with E-state index in [2.05, 4.69) is 5.92 Å². The lowest BCUT2D eigenvalue weighted by molar-refractivity contribution is -0.115. The molecular weight excluding hydrogens is 384 g/mol. The molecule has 0 aromatic heterocycles. The van der Waals surface area contributed by atoms with Crippen LogP contribution in [0.2, 0.25) is 0 Å². The van der Waals surface area contributed by atoms with Gasteiger partial charge in [0.2, 0.25) is 0 Å². The maximum atomic E-state index is 13.5. The fourth-order valence-corrected chi connectivity index (χ4v) is 4.86. The molecule has 0 spiro atoms. The van der Waals surface area contributed by atoms with Crippen molar-refractivity contribution >= 4 is 15.8 Å². The van der Waals surface area contributed by atoms with E-state index in [1.807, 2.05) is 45.9 Å². The SMILES string of the molecule is C#CC/C=C\C(=C/C)S(=O)(=O)N1C(C(=O)CC#N)=C/C(=C/C=C(C)C)C1C(C)C. The standard InChI is InChI=1S/C23H28N2O3S/c1-7-9-10-11-20(8-2)29(27,28)25-21(22(26)14-15-24)16-19(13-12-17(3)4)23(25)18(5)6/h1,8,10-13,16,18,23H,9,14H2,2-6H3/b11-10-,19-13-,20-8+. The van der Waals surface area contributed by atoms with Gasteiger partial charge in [0.15, 0.2) is 5.78 Å². The van der Waals surface area contributed by atoms with Crippen molar-refractivity contribution in [2.75, 3.05) is 0 Å². The Balaban J connectivity index is 3.67. The largest absolute Gasteiger partial charge is 0.291 e. The Hall–Kier alpha value is -2.83. The van der Waals surface area contributed by atoms with Gasteiger partial charge in [-0.1, -0.05) is 43.7 Å². The number of carbonyl (C=O) groups excluding carboxylic acids is 1. The lowest BCUT2D eigenvalue weighted by Crippen LogP contribution is -2.41. The monoisotopic (exact) mass is 412 g/mol. The molecule has 1 atom stereocenters. The first-order chi connectivity index (χ1) is 13.6. The van der Waals surface area contributed by atoms with Crippen LogP contribution in [0.5, 0.6) is 0 Å². The van der Waals surface area contributed by atoms with E-state index in [4.69, 9.17) is 11.7 Å². The van der Waals surface area contributed by atoms with Crippen LogP contribution in [0.25, 0.3) is 0 Å². The molecule has 6 heteroatoms. The number of nitriles is 1. The van der Waals surface area contributed by atoms with Gasteiger partial charge < -0.3 is 0 Å². The highest BCUT2D eigenvalue weighted by molar-refractivity contribution is 7.93. The second kappa shape index (κ2) is 10.6. The fraction of sp³-hybridized carbons (Fsp3) is 0.391. The smallest absolute Gasteiger partial charge is 0.264 e. The molecule has 1 aliphatic rings. The van der Waals surface area contributed by atoms with Crippen molar-refractivity contribution in [1.29, 1.82) is 5.26 Å². The highest BCUT2D eigenvalue weighted by Crippen LogP contribution is 2.37. The van der Waals surface area contributed by atoms with Crippen molar-refractivity contribution in [2.24, 2.45) is 5.92 Å². The predicted octanol–water partition coefficient (Wildman–Crippen LogP) is 4.40. The molecule has 1 heterocycles. The first kappa shape index (κ1) is 24.2. The summed E-state index contributed by atoms with van der Waals surface area (Å²) in [6.07, 6.45) is 15.0. The summed E-state index contributed by atoms with van der Waals surface area (Å²) < 4.78 is 28.2. The number of ketones is 1. The minimum absolute atomic E-state index is 0.0170. The van der Waals surface area contributed by atoms with E-state index in [1.54, 1.807) is 19.1 Å². The quantitative estimate of drug-likeness (QED) is 0.437. The van der Waals surface area contributed by atoms with Gasteiger partial charge in [-0.2, -0.15) is 5.26 Å². The summed E-state index contributed by atoms with van der Waals surface area (Å²) in [4.78, 5) is 12.7. The average Bonchev–Trinajstić information content (AvgIpc) is 3.04. The first-order valence-electron chi connectivity index (χ1n) is 9.39. The highest BCUT2D eigenvalue weighted by atomic mass is 32.2. The molecule has 154 valence electrons. The lowest BCUT2D eigenvalue weighted by atomic mass is 9.97. The molecule has 0 aromatic rings. The third-order valence-electron chi connectivity index (χ3n) is 4.26. The number of carbonyl (C=O) groups is 1. The average molecular weight is 413 g/mol. The highest BCUT2D eigenvalue weighted by Gasteiger charge is 2.43. The van der Waals surface area contributed by atoms with Gasteiger partial charge in [-0.3, -0.25) is 9.10 Å². The van der Waals surface area contributed by atoms with Crippen LogP contribution in [0.3, 0.4) is 0 Å². The molecular formula is C23H28N2O3S. The van der Waals surface area contributed by atoms with E-state index in [0.29, 0.717) is 12.0 Å². The van der Waals surface area contributed by atoms with Gasteiger partial charge in [-0.25, -0.2) is 8.42 Å². The van der Waals surface area contributed by atoms with Crippen molar-refractivity contribution in [1.82, 2.24) is 4.31 Å². The molecule has 1 rings (SSSR count). The van der Waals surface area contributed by atoms with Gasteiger partial charge in [0.1, 0.15) is 6.42 Å². The Kier molecular flexibility index (Phi) is 8.88. The van der Waals surface area contributed by atoms with Gasteiger partial charge in [-0.05, 0) is 44.4 Å². The van der Waals surface area contributed by atoms with Crippen molar-refractivity contribution in [3.05, 3.63) is 58.2 Å². The number of hydrogen-bond acceptors (Lipinski definition) is 4. The molecule has 0 bridgehead atoms. The van der Waals surface area contributed by atoms with Gasteiger partial charge in [0.05, 0.1) is 22.7 Å². The molecule has 0 aromatic carbocycles. The summed E-state index contributed by atoms with van der Waals surface area (Å²) in [6.45, 7) is 9.29. The predicted molar refractivity (Wildman–Crippen MR) is 117 cm³/mol. The van der Waals surface area contributed by atoms with Crippen LogP contribution in [-0.4, -0.2) is 24.5 Å². The van der Waals surface area contributed by atoms with E-state index in [-0.39, 0.29) is 16.5 Å². The molecule has 1 aliphatic heterocycles. The van der Waals surface area contributed by atoms with Crippen LogP contribution in [0.4, 0.5) is 0 Å². The van der Waals surface area contributed by atoms with Gasteiger partial charge in [0.25, 0.3) is 10.0 Å². The maximum Gasteiger partial charge on any atom is 0.264 e. The number of sulfonamides is 1. The molecule has 0 amide bonds. The molecule has 0 saturated carbocycles. The number of hydrogen-bond donors (Lipinski definition) is 0. The van der Waals surface area contributed by atoms with Crippen molar-refractivity contribution in [3.63, 3.8) is 0 Å². The van der Waals surface area contributed by atoms with E-state index in [9.17, 15) is 13.2 Å². The number of nitrogens with zero attached hydrogens (tertiary/aromatic N) is 2. The lowest BCUT2D eigenvalue weighted by Gasteiger charge is -2.32. The topological polar surface area (TPSA) is 78.2 Å². The summed E-state index contributed by atoms with van der Waals surface area (Å²) >= 11 is 0. The zero-order valence-electron chi connectivity index (χ0n) is 17.6. The summed E-state index contributed by atoms with van der Waals surface area (Å²) in [5.74, 6) is 1.81. The van der Waals surface area contributed by atoms with Gasteiger partial charge in [0, 0.05) is 6.42 Å². The number of Topliss-reactive ketones (excluding diaryl/α,β-unsaturated/α-hetero) is 1. The minimum atomic E-state index is -4.03. The Morgan fingerprint density at radius 3 is 2.52 bits per heavy atom. The van der Waals surface area contributed by atoms with Crippen LogP contribution in [0, 0.1) is 29.6 Å². The van der Waals surface area contributed by atoms with Crippen LogP contribution in [-0.2, 0) is 14.8 Å². The zero-order valence-corrected chi connectivity index (χ0v) is 18.5.